The Morgan fingerprint density at radius 3 is 2.73 bits per heavy atom. The minimum atomic E-state index is 0.142. The van der Waals surface area contributed by atoms with E-state index < -0.39 is 0 Å². The molecule has 2 N–H and O–H groups in total. The first-order chi connectivity index (χ1) is 7.15. The van der Waals surface area contributed by atoms with E-state index >= 15 is 0 Å². The van der Waals surface area contributed by atoms with Crippen molar-refractivity contribution in [1.82, 2.24) is 4.98 Å². The number of nitrogens with zero attached hydrogens (tertiary/aromatic N) is 1. The molecule has 0 amide bonds. The topological polar surface area (TPSA) is 48.1 Å². The quantitative estimate of drug-likeness (QED) is 0.761. The Bertz CT molecular complexity index is 480. The lowest BCUT2D eigenvalue weighted by Crippen LogP contribution is -2.06. The van der Waals surface area contributed by atoms with Gasteiger partial charge in [0.1, 0.15) is 0 Å². The number of ether oxygens (including phenoxy) is 1. The van der Waals surface area contributed by atoms with Crippen molar-refractivity contribution in [1.29, 1.82) is 0 Å². The molecule has 0 aliphatic carbocycles. The van der Waals surface area contributed by atoms with Crippen molar-refractivity contribution in [2.45, 2.75) is 20.0 Å². The first-order valence-corrected chi connectivity index (χ1v) is 4.98. The Hall–Kier alpha value is -1.77. The third-order valence-corrected chi connectivity index (χ3v) is 2.04. The first-order valence-electron chi connectivity index (χ1n) is 4.98. The van der Waals surface area contributed by atoms with E-state index in [9.17, 15) is 0 Å². The van der Waals surface area contributed by atoms with E-state index in [4.69, 9.17) is 10.5 Å². The predicted octanol–water partition coefficient (Wildman–Crippen LogP) is 2.60. The fraction of sp³-hybridized carbons (Fsp3) is 0.250. The maximum absolute atomic E-state index is 5.68. The van der Waals surface area contributed by atoms with Gasteiger partial charge in [0.25, 0.3) is 0 Å². The zero-order valence-electron chi connectivity index (χ0n) is 8.90. The third kappa shape index (κ3) is 2.18. The van der Waals surface area contributed by atoms with Crippen LogP contribution < -0.4 is 10.5 Å². The highest BCUT2D eigenvalue weighted by Gasteiger charge is 2.01. The second-order valence-electron chi connectivity index (χ2n) is 3.77. The highest BCUT2D eigenvalue weighted by molar-refractivity contribution is 5.82. The van der Waals surface area contributed by atoms with E-state index in [0.29, 0.717) is 5.88 Å². The molecule has 0 unspecified atom stereocenters. The van der Waals surface area contributed by atoms with E-state index in [1.54, 1.807) is 0 Å². The molecule has 2 aromatic rings. The van der Waals surface area contributed by atoms with Crippen LogP contribution in [0.15, 0.2) is 30.3 Å². The van der Waals surface area contributed by atoms with E-state index in [0.717, 1.165) is 16.6 Å². The summed E-state index contributed by atoms with van der Waals surface area (Å²) < 4.78 is 5.51. The van der Waals surface area contributed by atoms with Crippen molar-refractivity contribution < 1.29 is 4.74 Å². The Labute approximate surface area is 88.9 Å². The Kier molecular flexibility index (Phi) is 2.46. The number of anilines is 1. The Balaban J connectivity index is 2.43. The summed E-state index contributed by atoms with van der Waals surface area (Å²) in [5.74, 6) is 0.655. The predicted molar refractivity (Wildman–Crippen MR) is 61.9 cm³/mol. The van der Waals surface area contributed by atoms with Gasteiger partial charge in [0.15, 0.2) is 0 Å². The fourth-order valence-electron chi connectivity index (χ4n) is 1.43. The molecule has 0 saturated carbocycles. The van der Waals surface area contributed by atoms with Gasteiger partial charge in [0.2, 0.25) is 5.88 Å². The van der Waals surface area contributed by atoms with Crippen molar-refractivity contribution in [3.63, 3.8) is 0 Å². The Morgan fingerprint density at radius 2 is 2.00 bits per heavy atom. The minimum Gasteiger partial charge on any atom is -0.475 e. The summed E-state index contributed by atoms with van der Waals surface area (Å²) in [6.45, 7) is 3.96. The van der Waals surface area contributed by atoms with Crippen molar-refractivity contribution >= 4 is 16.6 Å². The standard InChI is InChI=1S/C12H14N2O/c1-8(2)15-12-6-3-9-7-10(13)4-5-11(9)14-12/h3-8H,13H2,1-2H3. The van der Waals surface area contributed by atoms with Gasteiger partial charge in [-0.1, -0.05) is 0 Å². The third-order valence-electron chi connectivity index (χ3n) is 2.04. The molecule has 1 aromatic carbocycles. The van der Waals surface area contributed by atoms with E-state index in [1.807, 2.05) is 44.2 Å². The largest absolute Gasteiger partial charge is 0.475 e. The highest BCUT2D eigenvalue weighted by Crippen LogP contribution is 2.19. The summed E-state index contributed by atoms with van der Waals surface area (Å²) in [6, 6.07) is 9.48. The Morgan fingerprint density at radius 1 is 1.20 bits per heavy atom. The lowest BCUT2D eigenvalue weighted by atomic mass is 10.2. The molecule has 0 aliphatic heterocycles. The molecule has 3 nitrogen and oxygen atoms in total. The molecule has 15 heavy (non-hydrogen) atoms. The average molecular weight is 202 g/mol. The maximum atomic E-state index is 5.68. The van der Waals surface area contributed by atoms with Crippen LogP contribution in [0, 0.1) is 0 Å². The number of benzene rings is 1. The zero-order chi connectivity index (χ0) is 10.8. The van der Waals surface area contributed by atoms with Gasteiger partial charge in [0, 0.05) is 17.1 Å². The molecule has 3 heteroatoms. The van der Waals surface area contributed by atoms with Crippen LogP contribution in [-0.4, -0.2) is 11.1 Å². The zero-order valence-corrected chi connectivity index (χ0v) is 8.90. The first kappa shape index (κ1) is 9.77. The molecular formula is C12H14N2O. The van der Waals surface area contributed by atoms with E-state index in [1.165, 1.54) is 0 Å². The molecule has 0 saturated heterocycles. The van der Waals surface area contributed by atoms with Crippen molar-refractivity contribution in [2.75, 3.05) is 5.73 Å². The van der Waals surface area contributed by atoms with Crippen molar-refractivity contribution in [3.8, 4) is 5.88 Å². The molecule has 0 atom stereocenters. The van der Waals surface area contributed by atoms with Gasteiger partial charge in [-0.15, -0.1) is 0 Å². The van der Waals surface area contributed by atoms with Gasteiger partial charge in [-0.05, 0) is 38.1 Å². The van der Waals surface area contributed by atoms with Gasteiger partial charge < -0.3 is 10.5 Å². The maximum Gasteiger partial charge on any atom is 0.214 e. The van der Waals surface area contributed by atoms with Gasteiger partial charge in [0.05, 0.1) is 11.6 Å². The van der Waals surface area contributed by atoms with Crippen molar-refractivity contribution in [3.05, 3.63) is 30.3 Å². The second kappa shape index (κ2) is 3.77. The number of fused-ring (bicyclic) bond motifs is 1. The molecule has 0 spiro atoms. The van der Waals surface area contributed by atoms with Crippen LogP contribution in [0.5, 0.6) is 5.88 Å². The number of pyridine rings is 1. The van der Waals surface area contributed by atoms with E-state index in [2.05, 4.69) is 4.98 Å². The van der Waals surface area contributed by atoms with Gasteiger partial charge in [-0.2, -0.15) is 0 Å². The molecule has 0 fully saturated rings. The number of nitrogens with two attached hydrogens (primary N) is 1. The molecule has 0 radical (unpaired) electrons. The molecule has 1 aromatic heterocycles. The lowest BCUT2D eigenvalue weighted by Gasteiger charge is -2.09. The molecule has 0 aliphatic rings. The van der Waals surface area contributed by atoms with Crippen LogP contribution in [0.2, 0.25) is 0 Å². The summed E-state index contributed by atoms with van der Waals surface area (Å²) >= 11 is 0. The number of hydrogen-bond donors (Lipinski definition) is 1. The monoisotopic (exact) mass is 202 g/mol. The summed E-state index contributed by atoms with van der Waals surface area (Å²) in [5, 5.41) is 1.03. The van der Waals surface area contributed by atoms with Crippen molar-refractivity contribution in [2.24, 2.45) is 0 Å². The molecular weight excluding hydrogens is 188 g/mol. The van der Waals surface area contributed by atoms with Crippen LogP contribution >= 0.6 is 0 Å². The molecule has 0 bridgehead atoms. The van der Waals surface area contributed by atoms with Crippen LogP contribution in [0.4, 0.5) is 5.69 Å². The summed E-state index contributed by atoms with van der Waals surface area (Å²) in [5.41, 5.74) is 7.34. The van der Waals surface area contributed by atoms with Crippen LogP contribution in [0.3, 0.4) is 0 Å². The SMILES string of the molecule is CC(C)Oc1ccc2cc(N)ccc2n1. The summed E-state index contributed by atoms with van der Waals surface area (Å²) in [4.78, 5) is 4.38. The summed E-state index contributed by atoms with van der Waals surface area (Å²) in [6.07, 6.45) is 0.142. The van der Waals surface area contributed by atoms with Crippen LogP contribution in [0.25, 0.3) is 10.9 Å². The van der Waals surface area contributed by atoms with E-state index in [-0.39, 0.29) is 6.10 Å². The minimum absolute atomic E-state index is 0.142. The number of hydrogen-bond acceptors (Lipinski definition) is 3. The number of rotatable bonds is 2. The molecule has 78 valence electrons. The highest BCUT2D eigenvalue weighted by atomic mass is 16.5. The van der Waals surface area contributed by atoms with Gasteiger partial charge in [-0.3, -0.25) is 0 Å². The van der Waals surface area contributed by atoms with Gasteiger partial charge >= 0.3 is 0 Å². The number of nitrogen functional groups attached to an aromatic ring is 1. The van der Waals surface area contributed by atoms with Crippen LogP contribution in [-0.2, 0) is 0 Å². The average Bonchev–Trinajstić information content (AvgIpc) is 2.17. The number of aromatic nitrogens is 1. The van der Waals surface area contributed by atoms with Gasteiger partial charge in [-0.25, -0.2) is 4.98 Å². The fourth-order valence-corrected chi connectivity index (χ4v) is 1.43. The van der Waals surface area contributed by atoms with Crippen LogP contribution in [0.1, 0.15) is 13.8 Å². The summed E-state index contributed by atoms with van der Waals surface area (Å²) in [7, 11) is 0. The smallest absolute Gasteiger partial charge is 0.214 e. The normalized spacial score (nSPS) is 10.9. The molecule has 1 heterocycles. The lowest BCUT2D eigenvalue weighted by molar-refractivity contribution is 0.233. The molecule has 2 rings (SSSR count). The second-order valence-corrected chi connectivity index (χ2v) is 3.77.